The summed E-state index contributed by atoms with van der Waals surface area (Å²) in [5.74, 6) is -0.0115. The maximum Gasteiger partial charge on any atom is 0.185 e. The summed E-state index contributed by atoms with van der Waals surface area (Å²) >= 11 is 0. The van der Waals surface area contributed by atoms with Gasteiger partial charge < -0.3 is 16.8 Å². The van der Waals surface area contributed by atoms with E-state index in [2.05, 4.69) is 12.2 Å². The Kier molecular flexibility index (Phi) is 9.28. The minimum atomic E-state index is -0.565. The zero-order valence-electron chi connectivity index (χ0n) is 11.7. The van der Waals surface area contributed by atoms with E-state index in [-0.39, 0.29) is 24.2 Å². The fraction of sp³-hybridized carbons (Fsp3) is 0.846. The van der Waals surface area contributed by atoms with Crippen molar-refractivity contribution in [2.24, 2.45) is 17.4 Å². The number of Topliss-reactive ketones (excluding diaryl/α,β-unsaturated/α-hetero) is 1. The smallest absolute Gasteiger partial charge is 0.185 e. The van der Waals surface area contributed by atoms with Gasteiger partial charge in [-0.05, 0) is 12.8 Å². The van der Waals surface area contributed by atoms with Crippen LogP contribution in [0.5, 0.6) is 0 Å². The zero-order valence-corrected chi connectivity index (χ0v) is 11.7. The monoisotopic (exact) mass is 256 g/mol. The van der Waals surface area contributed by atoms with Gasteiger partial charge in [-0.1, -0.05) is 39.5 Å². The molecule has 0 rings (SSSR count). The van der Waals surface area contributed by atoms with Crippen LogP contribution < -0.4 is 16.8 Å². The molecule has 0 aliphatic carbocycles. The van der Waals surface area contributed by atoms with Crippen LogP contribution in [0.3, 0.4) is 0 Å². The third-order valence-electron chi connectivity index (χ3n) is 3.18. The highest BCUT2D eigenvalue weighted by Crippen LogP contribution is 2.16. The molecule has 0 aliphatic rings. The lowest BCUT2D eigenvalue weighted by Gasteiger charge is -2.19. The third-order valence-corrected chi connectivity index (χ3v) is 3.18. The SMILES string of the molecule is CCCCCCC(CC)C(=O)[C@H](N)CNC(=N)N. The fourth-order valence-electron chi connectivity index (χ4n) is 1.99. The van der Waals surface area contributed by atoms with Crippen LogP contribution in [0.25, 0.3) is 0 Å². The molecule has 0 aromatic rings. The molecule has 5 heteroatoms. The van der Waals surface area contributed by atoms with Crippen LogP contribution in [0, 0.1) is 11.3 Å². The molecule has 0 aromatic carbocycles. The van der Waals surface area contributed by atoms with E-state index in [9.17, 15) is 4.79 Å². The molecule has 0 bridgehead atoms. The van der Waals surface area contributed by atoms with E-state index < -0.39 is 6.04 Å². The number of rotatable bonds is 10. The molecule has 0 aromatic heterocycles. The Morgan fingerprint density at radius 2 is 1.94 bits per heavy atom. The molecule has 106 valence electrons. The second-order valence-electron chi connectivity index (χ2n) is 4.76. The van der Waals surface area contributed by atoms with E-state index in [4.69, 9.17) is 16.9 Å². The number of hydrogen-bond donors (Lipinski definition) is 4. The van der Waals surface area contributed by atoms with E-state index in [1.807, 2.05) is 6.92 Å². The molecule has 0 saturated carbocycles. The Balaban J connectivity index is 4.03. The maximum absolute atomic E-state index is 12.1. The van der Waals surface area contributed by atoms with Crippen molar-refractivity contribution in [1.29, 1.82) is 5.41 Å². The first-order valence-electron chi connectivity index (χ1n) is 6.90. The van der Waals surface area contributed by atoms with Crippen LogP contribution in [0.4, 0.5) is 0 Å². The quantitative estimate of drug-likeness (QED) is 0.269. The molecule has 6 N–H and O–H groups in total. The van der Waals surface area contributed by atoms with Crippen LogP contribution >= 0.6 is 0 Å². The van der Waals surface area contributed by atoms with E-state index in [1.54, 1.807) is 0 Å². The second kappa shape index (κ2) is 9.88. The average Bonchev–Trinajstić information content (AvgIpc) is 2.35. The number of guanidine groups is 1. The Morgan fingerprint density at radius 3 is 2.44 bits per heavy atom. The molecule has 0 saturated heterocycles. The standard InChI is InChI=1S/C13H28N4O/c1-3-5-6-7-8-10(4-2)12(18)11(14)9-17-13(15)16/h10-11H,3-9,14H2,1-2H3,(H4,15,16,17)/t10?,11-/m1/s1. The third kappa shape index (κ3) is 7.27. The molecule has 0 radical (unpaired) electrons. The van der Waals surface area contributed by atoms with Crippen molar-refractivity contribution in [3.63, 3.8) is 0 Å². The molecule has 0 amide bonds. The molecule has 18 heavy (non-hydrogen) atoms. The number of nitrogens with two attached hydrogens (primary N) is 2. The summed E-state index contributed by atoms with van der Waals surface area (Å²) in [6, 6.07) is -0.565. The first-order chi connectivity index (χ1) is 8.52. The highest BCUT2D eigenvalue weighted by molar-refractivity contribution is 5.87. The van der Waals surface area contributed by atoms with Gasteiger partial charge in [0.15, 0.2) is 11.7 Å². The average molecular weight is 256 g/mol. The van der Waals surface area contributed by atoms with Crippen molar-refractivity contribution < 1.29 is 4.79 Å². The van der Waals surface area contributed by atoms with Gasteiger partial charge in [0.2, 0.25) is 0 Å². The fourth-order valence-corrected chi connectivity index (χ4v) is 1.99. The molecular weight excluding hydrogens is 228 g/mol. The van der Waals surface area contributed by atoms with Gasteiger partial charge in [-0.3, -0.25) is 10.2 Å². The first-order valence-corrected chi connectivity index (χ1v) is 6.90. The number of carbonyl (C=O) groups excluding carboxylic acids is 1. The lowest BCUT2D eigenvalue weighted by Crippen LogP contribution is -2.46. The maximum atomic E-state index is 12.1. The largest absolute Gasteiger partial charge is 0.370 e. The van der Waals surface area contributed by atoms with Crippen LogP contribution in [0.15, 0.2) is 0 Å². The molecule has 2 atom stereocenters. The lowest BCUT2D eigenvalue weighted by molar-refractivity contribution is -0.124. The van der Waals surface area contributed by atoms with Gasteiger partial charge in [-0.2, -0.15) is 0 Å². The van der Waals surface area contributed by atoms with Crippen molar-refractivity contribution in [2.75, 3.05) is 6.54 Å². The molecule has 5 nitrogen and oxygen atoms in total. The number of unbranched alkanes of at least 4 members (excludes halogenated alkanes) is 3. The number of ketones is 1. The van der Waals surface area contributed by atoms with Gasteiger partial charge in [0.25, 0.3) is 0 Å². The van der Waals surface area contributed by atoms with Gasteiger partial charge in [0.05, 0.1) is 6.04 Å². The highest BCUT2D eigenvalue weighted by atomic mass is 16.1. The molecule has 0 spiro atoms. The lowest BCUT2D eigenvalue weighted by atomic mass is 9.90. The van der Waals surface area contributed by atoms with Crippen molar-refractivity contribution in [3.05, 3.63) is 0 Å². The number of carbonyl (C=O) groups is 1. The Labute approximate surface area is 110 Å². The van der Waals surface area contributed by atoms with Gasteiger partial charge in [0.1, 0.15) is 0 Å². The van der Waals surface area contributed by atoms with Gasteiger partial charge >= 0.3 is 0 Å². The van der Waals surface area contributed by atoms with Crippen LogP contribution in [-0.2, 0) is 4.79 Å². The normalized spacial score (nSPS) is 13.9. The Bertz CT molecular complexity index is 255. The Morgan fingerprint density at radius 1 is 1.28 bits per heavy atom. The van der Waals surface area contributed by atoms with Crippen molar-refractivity contribution in [3.8, 4) is 0 Å². The summed E-state index contributed by atoms with van der Waals surface area (Å²) in [5, 5.41) is 9.63. The number of nitrogens with one attached hydrogen (secondary N) is 2. The number of hydrogen-bond acceptors (Lipinski definition) is 3. The van der Waals surface area contributed by atoms with Crippen molar-refractivity contribution in [2.45, 2.75) is 58.4 Å². The molecule has 1 unspecified atom stereocenters. The van der Waals surface area contributed by atoms with E-state index >= 15 is 0 Å². The van der Waals surface area contributed by atoms with E-state index in [0.717, 1.165) is 19.3 Å². The van der Waals surface area contributed by atoms with Crippen molar-refractivity contribution >= 4 is 11.7 Å². The zero-order chi connectivity index (χ0) is 14.0. The summed E-state index contributed by atoms with van der Waals surface area (Å²) in [6.45, 7) is 4.44. The summed E-state index contributed by atoms with van der Waals surface area (Å²) in [7, 11) is 0. The van der Waals surface area contributed by atoms with Crippen LogP contribution in [-0.4, -0.2) is 24.3 Å². The van der Waals surface area contributed by atoms with Gasteiger partial charge in [-0.15, -0.1) is 0 Å². The molecule has 0 aliphatic heterocycles. The Hall–Kier alpha value is -1.10. The summed E-state index contributed by atoms with van der Waals surface area (Å²) in [4.78, 5) is 12.1. The summed E-state index contributed by atoms with van der Waals surface area (Å²) < 4.78 is 0. The van der Waals surface area contributed by atoms with Crippen LogP contribution in [0.1, 0.15) is 52.4 Å². The minimum absolute atomic E-state index is 0.0469. The van der Waals surface area contributed by atoms with Gasteiger partial charge in [-0.25, -0.2) is 0 Å². The second-order valence-corrected chi connectivity index (χ2v) is 4.76. The van der Waals surface area contributed by atoms with Gasteiger partial charge in [0, 0.05) is 12.5 Å². The van der Waals surface area contributed by atoms with Crippen molar-refractivity contribution in [1.82, 2.24) is 5.32 Å². The van der Waals surface area contributed by atoms with Crippen LogP contribution in [0.2, 0.25) is 0 Å². The van der Waals surface area contributed by atoms with E-state index in [1.165, 1.54) is 19.3 Å². The summed E-state index contributed by atoms with van der Waals surface area (Å²) in [5.41, 5.74) is 11.0. The predicted molar refractivity (Wildman–Crippen MR) is 75.4 cm³/mol. The first kappa shape index (κ1) is 16.9. The molecular formula is C13H28N4O. The summed E-state index contributed by atoms with van der Waals surface area (Å²) in [6.07, 6.45) is 6.45. The highest BCUT2D eigenvalue weighted by Gasteiger charge is 2.22. The minimum Gasteiger partial charge on any atom is -0.370 e. The topological polar surface area (TPSA) is 105 Å². The molecule has 0 heterocycles. The van der Waals surface area contributed by atoms with E-state index in [0.29, 0.717) is 0 Å². The molecule has 0 fully saturated rings. The predicted octanol–water partition coefficient (Wildman–Crippen LogP) is 1.36.